The average molecular weight is 285 g/mol. The summed E-state index contributed by atoms with van der Waals surface area (Å²) in [6, 6.07) is 2.03. The Hall–Kier alpha value is -0.450. The molecule has 0 fully saturated rings. The van der Waals surface area contributed by atoms with Crippen molar-refractivity contribution in [1.29, 1.82) is 0 Å². The molecule has 0 radical (unpaired) electrons. The fourth-order valence-electron chi connectivity index (χ4n) is 1.97. The van der Waals surface area contributed by atoms with Gasteiger partial charge >= 0.3 is 0 Å². The number of hydrogen-bond donors (Lipinski definition) is 2. The summed E-state index contributed by atoms with van der Waals surface area (Å²) < 4.78 is 5.27. The van der Waals surface area contributed by atoms with E-state index in [1.165, 1.54) is 11.3 Å². The number of unbranched alkanes of at least 4 members (excludes halogenated alkanes) is 1. The second kappa shape index (κ2) is 8.67. The maximum atomic E-state index is 9.47. The Kier molecular flexibility index (Phi) is 7.57. The van der Waals surface area contributed by atoms with Gasteiger partial charge in [-0.15, -0.1) is 11.8 Å². The Labute approximate surface area is 121 Å². The quantitative estimate of drug-likeness (QED) is 0.509. The number of hydrogen-bond acceptors (Lipinski definition) is 4. The second-order valence-electron chi connectivity index (χ2n) is 5.29. The van der Waals surface area contributed by atoms with Crippen LogP contribution in [0.4, 0.5) is 0 Å². The highest BCUT2D eigenvalue weighted by molar-refractivity contribution is 7.99. The first-order valence-corrected chi connectivity index (χ1v) is 8.12. The SMILES string of the molecule is CCCNC(C)(CO)CCCCSc1ccoc1C. The molecule has 0 saturated heterocycles. The van der Waals surface area contributed by atoms with Crippen LogP contribution in [0, 0.1) is 6.92 Å². The third-order valence-electron chi connectivity index (χ3n) is 3.34. The number of thioether (sulfide) groups is 1. The standard InChI is InChI=1S/C15H27NO2S/c1-4-9-16-15(3,12-17)8-5-6-11-19-14-7-10-18-13(14)2/h7,10,16-17H,4-6,8-9,11-12H2,1-3H3. The molecule has 0 aromatic carbocycles. The van der Waals surface area contributed by atoms with Crippen molar-refractivity contribution in [2.24, 2.45) is 0 Å². The van der Waals surface area contributed by atoms with Gasteiger partial charge in [-0.05, 0) is 51.5 Å². The van der Waals surface area contributed by atoms with Gasteiger partial charge in [-0.2, -0.15) is 0 Å². The molecule has 1 aromatic rings. The van der Waals surface area contributed by atoms with Crippen LogP contribution in [0.3, 0.4) is 0 Å². The summed E-state index contributed by atoms with van der Waals surface area (Å²) in [5.41, 5.74) is -0.119. The molecule has 0 spiro atoms. The molecular weight excluding hydrogens is 258 g/mol. The fraction of sp³-hybridized carbons (Fsp3) is 0.733. The second-order valence-corrected chi connectivity index (χ2v) is 6.43. The third kappa shape index (κ3) is 6.02. The molecule has 1 aromatic heterocycles. The van der Waals surface area contributed by atoms with Gasteiger partial charge in [-0.1, -0.05) is 13.3 Å². The lowest BCUT2D eigenvalue weighted by Crippen LogP contribution is -2.46. The first kappa shape index (κ1) is 16.6. The van der Waals surface area contributed by atoms with E-state index >= 15 is 0 Å². The Balaban J connectivity index is 2.17. The van der Waals surface area contributed by atoms with Crippen molar-refractivity contribution in [3.05, 3.63) is 18.1 Å². The van der Waals surface area contributed by atoms with Crippen LogP contribution >= 0.6 is 11.8 Å². The Morgan fingerprint density at radius 2 is 2.21 bits per heavy atom. The molecule has 19 heavy (non-hydrogen) atoms. The van der Waals surface area contributed by atoms with Gasteiger partial charge in [0, 0.05) is 10.4 Å². The highest BCUT2D eigenvalue weighted by Gasteiger charge is 2.21. The molecule has 2 N–H and O–H groups in total. The molecule has 0 aliphatic heterocycles. The monoisotopic (exact) mass is 285 g/mol. The number of nitrogens with one attached hydrogen (secondary N) is 1. The van der Waals surface area contributed by atoms with Gasteiger partial charge in [0.2, 0.25) is 0 Å². The molecule has 1 unspecified atom stereocenters. The van der Waals surface area contributed by atoms with Gasteiger partial charge in [0.05, 0.1) is 12.9 Å². The first-order chi connectivity index (χ1) is 9.11. The van der Waals surface area contributed by atoms with Gasteiger partial charge in [-0.3, -0.25) is 0 Å². The topological polar surface area (TPSA) is 45.4 Å². The van der Waals surface area contributed by atoms with E-state index in [0.29, 0.717) is 0 Å². The molecule has 0 amide bonds. The number of aryl methyl sites for hydroxylation is 1. The maximum Gasteiger partial charge on any atom is 0.114 e. The van der Waals surface area contributed by atoms with E-state index in [-0.39, 0.29) is 12.1 Å². The minimum atomic E-state index is -0.119. The summed E-state index contributed by atoms with van der Waals surface area (Å²) in [6.07, 6.45) is 6.17. The minimum absolute atomic E-state index is 0.119. The van der Waals surface area contributed by atoms with E-state index in [1.807, 2.05) is 24.8 Å². The molecular formula is C15H27NO2S. The van der Waals surface area contributed by atoms with Crippen molar-refractivity contribution in [2.75, 3.05) is 18.9 Å². The third-order valence-corrected chi connectivity index (χ3v) is 4.57. The largest absolute Gasteiger partial charge is 0.468 e. The van der Waals surface area contributed by atoms with Crippen LogP contribution in [0.25, 0.3) is 0 Å². The van der Waals surface area contributed by atoms with Crippen molar-refractivity contribution >= 4 is 11.8 Å². The van der Waals surface area contributed by atoms with Crippen LogP contribution in [-0.4, -0.2) is 29.5 Å². The minimum Gasteiger partial charge on any atom is -0.468 e. The maximum absolute atomic E-state index is 9.47. The molecule has 110 valence electrons. The molecule has 0 aliphatic carbocycles. The highest BCUT2D eigenvalue weighted by Crippen LogP contribution is 2.24. The predicted octanol–water partition coefficient (Wildman–Crippen LogP) is 3.60. The van der Waals surface area contributed by atoms with Crippen molar-refractivity contribution in [2.45, 2.75) is 56.9 Å². The summed E-state index contributed by atoms with van der Waals surface area (Å²) in [7, 11) is 0. The molecule has 3 nitrogen and oxygen atoms in total. The smallest absolute Gasteiger partial charge is 0.114 e. The lowest BCUT2D eigenvalue weighted by atomic mass is 9.96. The van der Waals surface area contributed by atoms with Crippen molar-refractivity contribution in [1.82, 2.24) is 5.32 Å². The van der Waals surface area contributed by atoms with E-state index < -0.39 is 0 Å². The Bertz CT molecular complexity index is 354. The van der Waals surface area contributed by atoms with Crippen LogP contribution in [0.2, 0.25) is 0 Å². The number of rotatable bonds is 10. The lowest BCUT2D eigenvalue weighted by molar-refractivity contribution is 0.163. The molecule has 0 bridgehead atoms. The molecule has 1 heterocycles. The summed E-state index contributed by atoms with van der Waals surface area (Å²) in [5, 5.41) is 12.9. The van der Waals surface area contributed by atoms with Gasteiger partial charge < -0.3 is 14.8 Å². The zero-order valence-corrected chi connectivity index (χ0v) is 13.2. The average Bonchev–Trinajstić information content (AvgIpc) is 2.82. The van der Waals surface area contributed by atoms with E-state index in [2.05, 4.69) is 19.2 Å². The van der Waals surface area contributed by atoms with Gasteiger partial charge in [-0.25, -0.2) is 0 Å². The normalized spacial score (nSPS) is 14.5. The van der Waals surface area contributed by atoms with E-state index in [1.54, 1.807) is 6.26 Å². The molecule has 0 saturated carbocycles. The number of aliphatic hydroxyl groups excluding tert-OH is 1. The van der Waals surface area contributed by atoms with Gasteiger partial charge in [0.15, 0.2) is 0 Å². The summed E-state index contributed by atoms with van der Waals surface area (Å²) in [6.45, 7) is 7.44. The van der Waals surface area contributed by atoms with Crippen LogP contribution < -0.4 is 5.32 Å². The zero-order chi connectivity index (χ0) is 14.1. The summed E-state index contributed by atoms with van der Waals surface area (Å²) >= 11 is 1.85. The van der Waals surface area contributed by atoms with Gasteiger partial charge in [0.1, 0.15) is 5.76 Å². The van der Waals surface area contributed by atoms with E-state index in [4.69, 9.17) is 4.42 Å². The molecule has 4 heteroatoms. The molecule has 0 aliphatic rings. The van der Waals surface area contributed by atoms with Crippen LogP contribution in [0.5, 0.6) is 0 Å². The number of aliphatic hydroxyl groups is 1. The van der Waals surface area contributed by atoms with E-state index in [0.717, 1.165) is 37.3 Å². The predicted molar refractivity (Wildman–Crippen MR) is 81.8 cm³/mol. The van der Waals surface area contributed by atoms with Gasteiger partial charge in [0.25, 0.3) is 0 Å². The highest BCUT2D eigenvalue weighted by atomic mass is 32.2. The van der Waals surface area contributed by atoms with E-state index in [9.17, 15) is 5.11 Å². The van der Waals surface area contributed by atoms with Crippen molar-refractivity contribution in [3.8, 4) is 0 Å². The fourth-order valence-corrected chi connectivity index (χ4v) is 2.94. The number of furan rings is 1. The zero-order valence-electron chi connectivity index (χ0n) is 12.4. The van der Waals surface area contributed by atoms with Crippen molar-refractivity contribution < 1.29 is 9.52 Å². The molecule has 1 atom stereocenters. The van der Waals surface area contributed by atoms with Crippen LogP contribution in [0.1, 0.15) is 45.3 Å². The van der Waals surface area contributed by atoms with Crippen LogP contribution in [0.15, 0.2) is 21.6 Å². The summed E-state index contributed by atoms with van der Waals surface area (Å²) in [5.74, 6) is 2.12. The first-order valence-electron chi connectivity index (χ1n) is 7.14. The Morgan fingerprint density at radius 1 is 1.42 bits per heavy atom. The van der Waals surface area contributed by atoms with Crippen LogP contribution in [-0.2, 0) is 0 Å². The molecule has 1 rings (SSSR count). The van der Waals surface area contributed by atoms with Crippen molar-refractivity contribution in [3.63, 3.8) is 0 Å². The Morgan fingerprint density at radius 3 is 2.79 bits per heavy atom. The lowest BCUT2D eigenvalue weighted by Gasteiger charge is -2.28. The summed E-state index contributed by atoms with van der Waals surface area (Å²) in [4.78, 5) is 1.24.